The average molecular weight is 333 g/mol. The van der Waals surface area contributed by atoms with Crippen molar-refractivity contribution in [3.05, 3.63) is 0 Å². The van der Waals surface area contributed by atoms with Gasteiger partial charge in [0.2, 0.25) is 0 Å². The maximum atomic E-state index is 13.2. The van der Waals surface area contributed by atoms with Crippen molar-refractivity contribution >= 4 is 10.9 Å². The fraction of sp³-hybridized carbons (Fsp3) is 1.00. The third kappa shape index (κ3) is 4.99. The van der Waals surface area contributed by atoms with E-state index in [2.05, 4.69) is 0 Å². The van der Waals surface area contributed by atoms with E-state index >= 15 is 0 Å². The van der Waals surface area contributed by atoms with Crippen molar-refractivity contribution in [3.8, 4) is 0 Å². The largest absolute Gasteiger partial charge is 0.535 e. The SMILES string of the molecule is CCN(CC)S(OC(F)(F)F)(N(CC)CC)N(CC)CC. The molecule has 0 bridgehead atoms. The Balaban J connectivity index is 6.03. The molecule has 130 valence electrons. The van der Waals surface area contributed by atoms with Gasteiger partial charge in [0.1, 0.15) is 0 Å². The van der Waals surface area contributed by atoms with Crippen LogP contribution in [0.5, 0.6) is 0 Å². The minimum atomic E-state index is -4.66. The van der Waals surface area contributed by atoms with Crippen molar-refractivity contribution in [2.45, 2.75) is 47.9 Å². The molecule has 0 saturated heterocycles. The lowest BCUT2D eigenvalue weighted by Crippen LogP contribution is -2.52. The second-order valence-electron chi connectivity index (χ2n) is 4.34. The first-order chi connectivity index (χ1) is 9.77. The Morgan fingerprint density at radius 3 is 1.05 bits per heavy atom. The molecule has 21 heavy (non-hydrogen) atoms. The summed E-state index contributed by atoms with van der Waals surface area (Å²) in [6, 6.07) is 0. The summed E-state index contributed by atoms with van der Waals surface area (Å²) in [6.07, 6.45) is -4.66. The van der Waals surface area contributed by atoms with Crippen molar-refractivity contribution in [2.75, 3.05) is 39.3 Å². The Bertz CT molecular complexity index is 249. The topological polar surface area (TPSA) is 19.0 Å². The van der Waals surface area contributed by atoms with Crippen molar-refractivity contribution in [3.63, 3.8) is 0 Å². The molecule has 0 aromatic heterocycles. The van der Waals surface area contributed by atoms with Crippen LogP contribution in [0.25, 0.3) is 0 Å². The van der Waals surface area contributed by atoms with E-state index < -0.39 is 17.2 Å². The lowest BCUT2D eigenvalue weighted by Gasteiger charge is -2.57. The molecular formula is C13H30F3N3OS. The molecule has 0 aliphatic carbocycles. The lowest BCUT2D eigenvalue weighted by molar-refractivity contribution is -0.275. The van der Waals surface area contributed by atoms with Crippen LogP contribution >= 0.6 is 10.9 Å². The van der Waals surface area contributed by atoms with Gasteiger partial charge in [0.25, 0.3) is 0 Å². The predicted molar refractivity (Wildman–Crippen MR) is 83.5 cm³/mol. The second-order valence-corrected chi connectivity index (χ2v) is 6.99. The van der Waals surface area contributed by atoms with E-state index in [-0.39, 0.29) is 0 Å². The predicted octanol–water partition coefficient (Wildman–Crippen LogP) is 4.01. The van der Waals surface area contributed by atoms with Crippen LogP contribution < -0.4 is 0 Å². The van der Waals surface area contributed by atoms with E-state index in [1.807, 2.05) is 41.5 Å². The van der Waals surface area contributed by atoms with E-state index in [1.165, 1.54) is 0 Å². The van der Waals surface area contributed by atoms with Gasteiger partial charge in [-0.15, -0.1) is 13.2 Å². The summed E-state index contributed by atoms with van der Waals surface area (Å²) in [5.41, 5.74) is 0. The van der Waals surface area contributed by atoms with Crippen LogP contribution in [-0.4, -0.2) is 58.5 Å². The third-order valence-electron chi connectivity index (χ3n) is 3.33. The molecule has 0 rings (SSSR count). The molecule has 0 radical (unpaired) electrons. The van der Waals surface area contributed by atoms with Gasteiger partial charge in [-0.05, 0) is 0 Å². The van der Waals surface area contributed by atoms with Crippen LogP contribution in [0.3, 0.4) is 0 Å². The molecule has 0 saturated carbocycles. The number of alkyl halides is 3. The van der Waals surface area contributed by atoms with Crippen LogP contribution in [0.4, 0.5) is 13.2 Å². The number of hydrogen-bond acceptors (Lipinski definition) is 4. The zero-order chi connectivity index (χ0) is 16.7. The first-order valence-corrected chi connectivity index (χ1v) is 9.05. The number of nitrogens with zero attached hydrogens (tertiary/aromatic N) is 3. The van der Waals surface area contributed by atoms with Crippen molar-refractivity contribution in [1.29, 1.82) is 0 Å². The summed E-state index contributed by atoms with van der Waals surface area (Å²) in [5, 5.41) is 0. The minimum absolute atomic E-state index is 0.509. The first-order valence-electron chi connectivity index (χ1n) is 7.63. The van der Waals surface area contributed by atoms with E-state index in [0.717, 1.165) is 0 Å². The van der Waals surface area contributed by atoms with Gasteiger partial charge < -0.3 is 0 Å². The maximum absolute atomic E-state index is 13.2. The Morgan fingerprint density at radius 2 is 0.905 bits per heavy atom. The van der Waals surface area contributed by atoms with Crippen LogP contribution in [0.1, 0.15) is 41.5 Å². The standard InChI is InChI=1S/C13H30F3N3OS/c1-7-17(8-2)21(18(9-3)10-4,19(11-5)12-6)20-13(14,15)16/h7-12H2,1-6H3. The Hall–Kier alpha value is -0.0200. The Kier molecular flexibility index (Phi) is 9.18. The summed E-state index contributed by atoms with van der Waals surface area (Å²) in [4.78, 5) is 0. The highest BCUT2D eigenvalue weighted by Gasteiger charge is 2.49. The van der Waals surface area contributed by atoms with Crippen LogP contribution in [0, 0.1) is 0 Å². The van der Waals surface area contributed by atoms with E-state index in [9.17, 15) is 13.2 Å². The summed E-state index contributed by atoms with van der Waals surface area (Å²) in [5.74, 6) is 0. The highest BCUT2D eigenvalue weighted by molar-refractivity contribution is 8.23. The molecule has 0 heterocycles. The van der Waals surface area contributed by atoms with Gasteiger partial charge >= 0.3 is 6.36 Å². The number of rotatable bonds is 10. The van der Waals surface area contributed by atoms with Crippen LogP contribution in [0.15, 0.2) is 0 Å². The molecule has 0 atom stereocenters. The fourth-order valence-corrected chi connectivity index (χ4v) is 6.02. The van der Waals surface area contributed by atoms with E-state index in [4.69, 9.17) is 4.18 Å². The normalized spacial score (nSPS) is 14.5. The minimum Gasteiger partial charge on any atom is -0.224 e. The maximum Gasteiger partial charge on any atom is 0.535 e. The molecule has 0 spiro atoms. The van der Waals surface area contributed by atoms with Crippen molar-refractivity contribution in [1.82, 2.24) is 12.9 Å². The van der Waals surface area contributed by atoms with Gasteiger partial charge in [-0.3, -0.25) is 0 Å². The van der Waals surface area contributed by atoms with E-state index in [1.54, 1.807) is 12.9 Å². The average Bonchev–Trinajstić information content (AvgIpc) is 2.40. The quantitative estimate of drug-likeness (QED) is 0.601. The number of halogens is 3. The molecule has 0 unspecified atom stereocenters. The Morgan fingerprint density at radius 1 is 0.667 bits per heavy atom. The highest BCUT2D eigenvalue weighted by Crippen LogP contribution is 2.61. The molecule has 0 amide bonds. The monoisotopic (exact) mass is 333 g/mol. The molecule has 0 fully saturated rings. The van der Waals surface area contributed by atoms with Gasteiger partial charge in [-0.25, -0.2) is 17.1 Å². The fourth-order valence-electron chi connectivity index (χ4n) is 2.45. The molecule has 0 N–H and O–H groups in total. The molecule has 8 heteroatoms. The molecule has 0 aromatic rings. The van der Waals surface area contributed by atoms with Crippen LogP contribution in [-0.2, 0) is 4.18 Å². The molecule has 0 aromatic carbocycles. The molecule has 4 nitrogen and oxygen atoms in total. The van der Waals surface area contributed by atoms with Crippen LogP contribution in [0.2, 0.25) is 0 Å². The van der Waals surface area contributed by atoms with Gasteiger partial charge in [-0.1, -0.05) is 41.5 Å². The number of hydrogen-bond donors (Lipinski definition) is 0. The van der Waals surface area contributed by atoms with Gasteiger partial charge in [0, 0.05) is 39.3 Å². The van der Waals surface area contributed by atoms with Gasteiger partial charge in [0.05, 0.1) is 10.9 Å². The lowest BCUT2D eigenvalue weighted by atomic mass is 10.7. The third-order valence-corrected chi connectivity index (χ3v) is 7.31. The van der Waals surface area contributed by atoms with Crippen molar-refractivity contribution in [2.24, 2.45) is 0 Å². The summed E-state index contributed by atoms with van der Waals surface area (Å²) in [6.45, 7) is 14.3. The summed E-state index contributed by atoms with van der Waals surface area (Å²) >= 11 is 0. The first kappa shape index (κ1) is 21.0. The zero-order valence-corrected chi connectivity index (χ0v) is 14.9. The second kappa shape index (κ2) is 9.19. The van der Waals surface area contributed by atoms with Gasteiger partial charge in [0.15, 0.2) is 0 Å². The zero-order valence-electron chi connectivity index (χ0n) is 14.0. The molecular weight excluding hydrogens is 303 g/mol. The van der Waals surface area contributed by atoms with Gasteiger partial charge in [-0.2, -0.15) is 0 Å². The highest BCUT2D eigenvalue weighted by atomic mass is 32.3. The summed E-state index contributed by atoms with van der Waals surface area (Å²) in [7, 11) is -2.70. The molecule has 0 aliphatic heterocycles. The molecule has 0 aliphatic rings. The Labute approximate surface area is 129 Å². The van der Waals surface area contributed by atoms with Crippen molar-refractivity contribution < 1.29 is 17.4 Å². The van der Waals surface area contributed by atoms with E-state index in [0.29, 0.717) is 39.3 Å². The summed E-state index contributed by atoms with van der Waals surface area (Å²) < 4.78 is 49.7. The smallest absolute Gasteiger partial charge is 0.224 e.